The molecule has 0 saturated carbocycles. The van der Waals surface area contributed by atoms with Gasteiger partial charge in [0.1, 0.15) is 102 Å². The Hall–Kier alpha value is -13.4. The number of aromatic nitrogens is 13. The molecule has 0 aliphatic carbocycles. The molecule has 44 nitrogen and oxygen atoms in total. The molecule has 6 aliphatic heterocycles. The number of piperidine rings is 1. The average Bonchev–Trinajstić information content (AvgIpc) is 1.68. The summed E-state index contributed by atoms with van der Waals surface area (Å²) in [7, 11) is 0. The summed E-state index contributed by atoms with van der Waals surface area (Å²) in [5, 5.41) is 148. The minimum atomic E-state index is -1.42. The van der Waals surface area contributed by atoms with Gasteiger partial charge in [-0.15, -0.1) is 34.0 Å². The van der Waals surface area contributed by atoms with Gasteiger partial charge in [-0.05, 0) is 77.4 Å². The Labute approximate surface area is 844 Å². The van der Waals surface area contributed by atoms with Crippen molar-refractivity contribution in [1.29, 1.82) is 0 Å². The molecule has 15 heterocycles. The standard InChI is InChI=1S/C22H22N2O6.C20H26N4O6.C20H20N2O6S.2C19H19N3O6S/c25-13-17-19(27)20(28)21(30-17)23-10-9-18(26)24(22(23)29)12-14-5-4-8-16(11-14)15-6-2-1-3-7-15;25-12-15-17(27)18(28)19(30-15)23-9-5-16(26)24(20(23)29)11-13-10-14(4-6-21-13)22-7-2-1-3-8-22;23-11-14-17(25)18(26)19(28-14)21-9-8-16(24)22(20(21)27)10-13-6-7-15(29-13)12-4-2-1-3-5-12;23-10-12-16(25)17(26)18(28-12)21-7-6-15(24)22(19(21)27)9-14-20-8-13(29-14)11-4-2-1-3-5-11;23-10-13-15(25)16(26)18(28-13)21-7-6-14(24)22(19(21)27)9-12-8-20-17(29-12)11-4-2-1-3-5-11/h1-11,17,19-21,25,27-28H,12-13H2;4-6,9-10,15,17-19,25,27-28H,1-3,7-8,11-12H2;1-9,14,17-19,23,25-26H,10-11H2;1-8,12,16-18,23,25-26H,9-10H2;1-8,13,15-16,18,23,25-26H,9-10H2/t17-,19?,20?,21-;15-,17?,18?,19-;14-,17?,18?,19-;12-,16?,17?,18-;13-,15?,16?,18-/m11111/s1. The number of anilines is 1. The molecule has 0 amide bonds. The van der Waals surface area contributed by atoms with E-state index in [1.54, 1.807) is 18.6 Å². The molecule has 20 atom stereocenters. The van der Waals surface area contributed by atoms with E-state index in [9.17, 15) is 125 Å². The van der Waals surface area contributed by atoms with Crippen LogP contribution in [-0.4, -0.2) is 275 Å². The molecule has 0 bridgehead atoms. The van der Waals surface area contributed by atoms with Crippen molar-refractivity contribution in [2.75, 3.05) is 51.0 Å². The quantitative estimate of drug-likeness (QED) is 0.0339. The second-order valence-electron chi connectivity index (χ2n) is 35.0. The Bertz CT molecular complexity index is 7080. The van der Waals surface area contributed by atoms with Gasteiger partial charge in [0.25, 0.3) is 27.8 Å². The van der Waals surface area contributed by atoms with E-state index in [4.69, 9.17) is 23.7 Å². The molecular weight excluding hydrogens is 1970 g/mol. The van der Waals surface area contributed by atoms with Crippen LogP contribution in [0, 0.1) is 0 Å². The Morgan fingerprint density at radius 2 is 0.646 bits per heavy atom. The van der Waals surface area contributed by atoms with Crippen LogP contribution in [0.3, 0.4) is 0 Å². The SMILES string of the molecule is O=c1ccn([C@@H]2O[C@H](CO)C(O)C2O)c(=O)n1Cc1cc(N2CCCCC2)ccn1.O=c1ccn([C@@H]2O[C@H](CO)C(O)C2O)c(=O)n1Cc1ccc(-c2ccccc2)s1.O=c1ccn([C@@H]2O[C@H](CO)C(O)C2O)c(=O)n1Cc1cccc(-c2ccccc2)c1.O=c1ccn([C@@H]2O[C@H](CO)C(O)C2O)c(=O)n1Cc1cnc(-c2ccccc2)s1.O=c1ccn([C@@H]2O[C@H](CO)C(O)C2O)c(=O)n1Cc1ncc(-c2ccccc2)s1. The van der Waals surface area contributed by atoms with Gasteiger partial charge in [0.15, 0.2) is 31.1 Å². The predicted molar refractivity (Wildman–Crippen MR) is 532 cm³/mol. The van der Waals surface area contributed by atoms with E-state index in [1.165, 1.54) is 102 Å². The molecule has 0 spiro atoms. The maximum Gasteiger partial charge on any atom is 0.333 e. The first kappa shape index (κ1) is 106. The first-order valence-electron chi connectivity index (χ1n) is 46.7. The van der Waals surface area contributed by atoms with Gasteiger partial charge in [0, 0.05) is 119 Å². The summed E-state index contributed by atoms with van der Waals surface area (Å²) < 4.78 is 37.4. The predicted octanol–water partition coefficient (Wildman–Crippen LogP) is -0.623. The fraction of sp³-hybridized carbons (Fsp3) is 0.350. The van der Waals surface area contributed by atoms with Crippen LogP contribution in [0.2, 0.25) is 0 Å². The van der Waals surface area contributed by atoms with E-state index in [0.29, 0.717) is 15.6 Å². The molecule has 14 aromatic rings. The largest absolute Gasteiger partial charge is 0.394 e. The molecule has 6 saturated heterocycles. The number of nitrogens with zero attached hydrogens (tertiary/aromatic N) is 14. The van der Waals surface area contributed by atoms with Gasteiger partial charge in [0.05, 0.1) is 76.3 Å². The lowest BCUT2D eigenvalue weighted by Crippen LogP contribution is -2.43. The zero-order valence-electron chi connectivity index (χ0n) is 78.1. The van der Waals surface area contributed by atoms with Gasteiger partial charge in [-0.25, -0.2) is 33.9 Å². The Balaban J connectivity index is 0.000000131. The van der Waals surface area contributed by atoms with Crippen molar-refractivity contribution in [2.45, 2.75) is 175 Å². The summed E-state index contributed by atoms with van der Waals surface area (Å²) in [5.74, 6) is 0. The highest BCUT2D eigenvalue weighted by atomic mass is 32.1. The monoisotopic (exact) mass is 2080 g/mol. The van der Waals surface area contributed by atoms with Gasteiger partial charge >= 0.3 is 28.4 Å². The number of thiazole rings is 2. The maximum absolute atomic E-state index is 13.0. The number of pyridine rings is 1. The number of benzene rings is 5. The van der Waals surface area contributed by atoms with Gasteiger partial charge in [-0.3, -0.25) is 74.6 Å². The van der Waals surface area contributed by atoms with Crippen LogP contribution in [0.25, 0.3) is 42.6 Å². The third-order valence-electron chi connectivity index (χ3n) is 25.5. The Morgan fingerprint density at radius 3 is 1.04 bits per heavy atom. The lowest BCUT2D eigenvalue weighted by Gasteiger charge is -2.29. The van der Waals surface area contributed by atoms with E-state index in [0.717, 1.165) is 130 Å². The van der Waals surface area contributed by atoms with Crippen LogP contribution in [-0.2, 0) is 56.4 Å². The van der Waals surface area contributed by atoms with E-state index >= 15 is 0 Å². The van der Waals surface area contributed by atoms with Crippen molar-refractivity contribution in [3.63, 3.8) is 0 Å². The lowest BCUT2D eigenvalue weighted by atomic mass is 10.0. The zero-order valence-corrected chi connectivity index (χ0v) is 80.6. The first-order chi connectivity index (χ1) is 71.0. The number of hydrogen-bond donors (Lipinski definition) is 15. The second kappa shape index (κ2) is 48.1. The normalized spacial score (nSPS) is 24.6. The molecular formula is C100H106N14O30S3. The van der Waals surface area contributed by atoms with Crippen LogP contribution in [0.5, 0.6) is 0 Å². The Morgan fingerprint density at radius 1 is 0.293 bits per heavy atom. The zero-order chi connectivity index (χ0) is 104. The average molecular weight is 2080 g/mol. The smallest absolute Gasteiger partial charge is 0.333 e. The van der Waals surface area contributed by atoms with Crippen molar-refractivity contribution in [2.24, 2.45) is 0 Å². The number of thiophene rings is 1. The van der Waals surface area contributed by atoms with Crippen LogP contribution in [0.4, 0.5) is 5.69 Å². The molecule has 20 rings (SSSR count). The van der Waals surface area contributed by atoms with Crippen molar-refractivity contribution >= 4 is 39.7 Å². The summed E-state index contributed by atoms with van der Waals surface area (Å²) >= 11 is 4.22. The third-order valence-corrected chi connectivity index (χ3v) is 28.7. The highest BCUT2D eigenvalue weighted by molar-refractivity contribution is 7.15. The summed E-state index contributed by atoms with van der Waals surface area (Å²) in [4.78, 5) is 145. The number of aliphatic hydroxyl groups is 15. The van der Waals surface area contributed by atoms with Gasteiger partial charge in [-0.2, -0.15) is 0 Å². The lowest BCUT2D eigenvalue weighted by molar-refractivity contribution is -0.0555. The van der Waals surface area contributed by atoms with Crippen molar-refractivity contribution < 1.29 is 100 Å². The van der Waals surface area contributed by atoms with Gasteiger partial charge < -0.3 is 105 Å². The minimum Gasteiger partial charge on any atom is -0.394 e. The van der Waals surface area contributed by atoms with Gasteiger partial charge in [0.2, 0.25) is 0 Å². The third kappa shape index (κ3) is 23.8. The molecule has 6 aliphatic rings. The second-order valence-corrected chi connectivity index (χ2v) is 38.4. The van der Waals surface area contributed by atoms with Crippen LogP contribution in [0.15, 0.2) is 298 Å². The molecule has 15 N–H and O–H groups in total. The van der Waals surface area contributed by atoms with E-state index in [1.807, 2.05) is 170 Å². The molecule has 47 heteroatoms. The van der Waals surface area contributed by atoms with E-state index in [2.05, 4.69) is 19.9 Å². The van der Waals surface area contributed by atoms with Crippen LogP contribution >= 0.6 is 34.0 Å². The maximum atomic E-state index is 13.0. The van der Waals surface area contributed by atoms with Gasteiger partial charge in [-0.1, -0.05) is 140 Å². The first-order valence-corrected chi connectivity index (χ1v) is 49.1. The van der Waals surface area contributed by atoms with Crippen molar-refractivity contribution in [3.8, 4) is 42.6 Å². The molecule has 9 aromatic heterocycles. The summed E-state index contributed by atoms with van der Waals surface area (Å²) in [6.07, 6.45) is -10.3. The number of hydrogen-bond acceptors (Lipinski definition) is 37. The highest BCUT2D eigenvalue weighted by Crippen LogP contribution is 2.36. The molecule has 5 aromatic carbocycles. The number of aliphatic hydroxyl groups excluding tert-OH is 15. The van der Waals surface area contributed by atoms with Crippen LogP contribution in [0.1, 0.15) is 76.4 Å². The summed E-state index contributed by atoms with van der Waals surface area (Å²) in [5.41, 5.74) is 1.35. The minimum absolute atomic E-state index is 0.0117. The fourth-order valence-electron chi connectivity index (χ4n) is 17.5. The van der Waals surface area contributed by atoms with E-state index in [-0.39, 0.29) is 32.7 Å². The summed E-state index contributed by atoms with van der Waals surface area (Å²) in [6, 6.07) is 59.8. The van der Waals surface area contributed by atoms with Crippen molar-refractivity contribution in [1.82, 2.24) is 60.6 Å². The number of ether oxygens (including phenoxy) is 5. The molecule has 774 valence electrons. The molecule has 10 unspecified atom stereocenters. The summed E-state index contributed by atoms with van der Waals surface area (Å²) in [6.45, 7) is -0.543. The Kier molecular flexibility index (Phi) is 34.8. The number of rotatable bonds is 25. The fourth-order valence-corrected chi connectivity index (χ4v) is 20.3. The topological polar surface area (TPSA) is 612 Å². The van der Waals surface area contributed by atoms with Crippen LogP contribution < -0.4 is 61.1 Å². The van der Waals surface area contributed by atoms with Crippen molar-refractivity contribution in [3.05, 3.63) is 380 Å². The van der Waals surface area contributed by atoms with E-state index < -0.39 is 212 Å². The highest BCUT2D eigenvalue weighted by Gasteiger charge is 2.49. The molecule has 147 heavy (non-hydrogen) atoms. The molecule has 0 radical (unpaired) electrons. The molecule has 6 fully saturated rings.